The molecule has 0 bridgehead atoms. The highest BCUT2D eigenvalue weighted by atomic mass is 16.4. The molecule has 0 radical (unpaired) electrons. The molecular formula is C14H17NO3. The zero-order valence-corrected chi connectivity index (χ0v) is 10.3. The monoisotopic (exact) mass is 247 g/mol. The van der Waals surface area contributed by atoms with Gasteiger partial charge in [-0.1, -0.05) is 24.6 Å². The van der Waals surface area contributed by atoms with Crippen molar-refractivity contribution in [3.05, 3.63) is 29.8 Å². The maximum Gasteiger partial charge on any atom is 0.307 e. The average Bonchev–Trinajstić information content (AvgIpc) is 2.81. The summed E-state index contributed by atoms with van der Waals surface area (Å²) < 4.78 is 0. The molecule has 0 spiro atoms. The number of benzene rings is 1. The molecule has 1 fully saturated rings. The Kier molecular flexibility index (Phi) is 3.65. The van der Waals surface area contributed by atoms with Crippen LogP contribution in [0.1, 0.15) is 24.8 Å². The zero-order valence-electron chi connectivity index (χ0n) is 10.3. The Morgan fingerprint density at radius 2 is 1.89 bits per heavy atom. The van der Waals surface area contributed by atoms with Gasteiger partial charge in [0, 0.05) is 5.69 Å². The van der Waals surface area contributed by atoms with E-state index in [1.807, 2.05) is 31.2 Å². The summed E-state index contributed by atoms with van der Waals surface area (Å²) in [5.41, 5.74) is 1.74. The maximum absolute atomic E-state index is 12.1. The number of carboxylic acid groups (broad SMARTS) is 1. The number of carboxylic acids is 1. The number of nitrogens with one attached hydrogen (secondary N) is 1. The van der Waals surface area contributed by atoms with Gasteiger partial charge in [0.2, 0.25) is 5.91 Å². The quantitative estimate of drug-likeness (QED) is 0.862. The van der Waals surface area contributed by atoms with Crippen LogP contribution in [-0.4, -0.2) is 17.0 Å². The number of carbonyl (C=O) groups excluding carboxylic acids is 1. The standard InChI is InChI=1S/C14H17NO3/c1-9-5-2-3-8-12(9)15-13(16)10-6-4-7-11(10)14(17)18/h2-3,5,8,10-11H,4,6-7H2,1H3,(H,15,16)(H,17,18). The molecule has 1 aromatic carbocycles. The lowest BCUT2D eigenvalue weighted by Crippen LogP contribution is -2.30. The van der Waals surface area contributed by atoms with E-state index in [-0.39, 0.29) is 5.91 Å². The van der Waals surface area contributed by atoms with Crippen LogP contribution in [0.25, 0.3) is 0 Å². The fourth-order valence-electron chi connectivity index (χ4n) is 2.51. The number of anilines is 1. The molecule has 0 aliphatic heterocycles. The first-order chi connectivity index (χ1) is 8.59. The zero-order chi connectivity index (χ0) is 13.1. The Labute approximate surface area is 106 Å². The third kappa shape index (κ3) is 2.53. The lowest BCUT2D eigenvalue weighted by Gasteiger charge is -2.16. The average molecular weight is 247 g/mol. The van der Waals surface area contributed by atoms with Gasteiger partial charge in [-0.25, -0.2) is 0 Å². The molecule has 1 saturated carbocycles. The highest BCUT2D eigenvalue weighted by Crippen LogP contribution is 2.33. The summed E-state index contributed by atoms with van der Waals surface area (Å²) in [6.45, 7) is 1.92. The van der Waals surface area contributed by atoms with E-state index < -0.39 is 17.8 Å². The van der Waals surface area contributed by atoms with E-state index in [2.05, 4.69) is 5.32 Å². The van der Waals surface area contributed by atoms with Crippen LogP contribution in [0.2, 0.25) is 0 Å². The van der Waals surface area contributed by atoms with Gasteiger partial charge in [-0.3, -0.25) is 9.59 Å². The largest absolute Gasteiger partial charge is 0.481 e. The van der Waals surface area contributed by atoms with E-state index in [1.165, 1.54) is 0 Å². The molecule has 2 atom stereocenters. The van der Waals surface area contributed by atoms with Crippen LogP contribution in [0.15, 0.2) is 24.3 Å². The second-order valence-corrected chi connectivity index (χ2v) is 4.79. The number of carbonyl (C=O) groups is 2. The van der Waals surface area contributed by atoms with Gasteiger partial charge in [0.15, 0.2) is 0 Å². The van der Waals surface area contributed by atoms with Gasteiger partial charge < -0.3 is 10.4 Å². The van der Waals surface area contributed by atoms with Crippen molar-refractivity contribution in [3.8, 4) is 0 Å². The van der Waals surface area contributed by atoms with E-state index in [0.29, 0.717) is 12.8 Å². The molecule has 96 valence electrons. The highest BCUT2D eigenvalue weighted by Gasteiger charge is 2.37. The fraction of sp³-hybridized carbons (Fsp3) is 0.429. The van der Waals surface area contributed by atoms with Gasteiger partial charge in [-0.2, -0.15) is 0 Å². The lowest BCUT2D eigenvalue weighted by molar-refractivity contribution is -0.145. The van der Waals surface area contributed by atoms with Crippen LogP contribution in [-0.2, 0) is 9.59 Å². The van der Waals surface area contributed by atoms with Crippen molar-refractivity contribution in [2.24, 2.45) is 11.8 Å². The summed E-state index contributed by atoms with van der Waals surface area (Å²) in [6, 6.07) is 7.50. The molecule has 1 aliphatic rings. The predicted molar refractivity (Wildman–Crippen MR) is 68.3 cm³/mol. The van der Waals surface area contributed by atoms with Gasteiger partial charge in [-0.05, 0) is 31.4 Å². The van der Waals surface area contributed by atoms with Gasteiger partial charge >= 0.3 is 5.97 Å². The van der Waals surface area contributed by atoms with E-state index in [1.54, 1.807) is 0 Å². The summed E-state index contributed by atoms with van der Waals surface area (Å²) in [5, 5.41) is 11.9. The molecule has 2 N–H and O–H groups in total. The third-order valence-electron chi connectivity index (χ3n) is 3.57. The summed E-state index contributed by atoms with van der Waals surface area (Å²) in [6.07, 6.45) is 2.07. The minimum atomic E-state index is -0.863. The number of hydrogen-bond donors (Lipinski definition) is 2. The van der Waals surface area contributed by atoms with Crippen LogP contribution in [0.4, 0.5) is 5.69 Å². The molecule has 0 aromatic heterocycles. The molecule has 4 heteroatoms. The molecule has 0 heterocycles. The van der Waals surface area contributed by atoms with Crippen LogP contribution in [0, 0.1) is 18.8 Å². The van der Waals surface area contributed by atoms with Crippen molar-refractivity contribution in [1.29, 1.82) is 0 Å². The third-order valence-corrected chi connectivity index (χ3v) is 3.57. The Hall–Kier alpha value is -1.84. The maximum atomic E-state index is 12.1. The van der Waals surface area contributed by atoms with Crippen LogP contribution in [0.5, 0.6) is 0 Å². The lowest BCUT2D eigenvalue weighted by atomic mass is 9.95. The molecular weight excluding hydrogens is 230 g/mol. The number of aliphatic carboxylic acids is 1. The molecule has 2 rings (SSSR count). The van der Waals surface area contributed by atoms with Crippen molar-refractivity contribution in [3.63, 3.8) is 0 Å². The van der Waals surface area contributed by atoms with E-state index in [9.17, 15) is 9.59 Å². The number of hydrogen-bond acceptors (Lipinski definition) is 2. The second-order valence-electron chi connectivity index (χ2n) is 4.79. The van der Waals surface area contributed by atoms with E-state index in [0.717, 1.165) is 17.7 Å². The first-order valence-electron chi connectivity index (χ1n) is 6.19. The first-order valence-corrected chi connectivity index (χ1v) is 6.19. The van der Waals surface area contributed by atoms with Crippen molar-refractivity contribution in [2.45, 2.75) is 26.2 Å². The first kappa shape index (κ1) is 12.6. The van der Waals surface area contributed by atoms with E-state index in [4.69, 9.17) is 5.11 Å². The molecule has 2 unspecified atom stereocenters. The van der Waals surface area contributed by atoms with Gasteiger partial charge in [0.1, 0.15) is 0 Å². The minimum Gasteiger partial charge on any atom is -0.481 e. The number of rotatable bonds is 3. The molecule has 4 nitrogen and oxygen atoms in total. The second kappa shape index (κ2) is 5.21. The van der Waals surface area contributed by atoms with Crippen LogP contribution >= 0.6 is 0 Å². The minimum absolute atomic E-state index is 0.172. The highest BCUT2D eigenvalue weighted by molar-refractivity contribution is 5.95. The Morgan fingerprint density at radius 3 is 2.56 bits per heavy atom. The van der Waals surface area contributed by atoms with Crippen molar-refractivity contribution < 1.29 is 14.7 Å². The Bertz CT molecular complexity index is 470. The number of amides is 1. The fourth-order valence-corrected chi connectivity index (χ4v) is 2.51. The van der Waals surface area contributed by atoms with Crippen molar-refractivity contribution in [2.75, 3.05) is 5.32 Å². The molecule has 1 aliphatic carbocycles. The summed E-state index contributed by atoms with van der Waals surface area (Å²) in [5.74, 6) is -1.97. The molecule has 0 saturated heterocycles. The number of para-hydroxylation sites is 1. The molecule has 1 amide bonds. The predicted octanol–water partition coefficient (Wildman–Crippen LogP) is 2.43. The number of aryl methyl sites for hydroxylation is 1. The van der Waals surface area contributed by atoms with Gasteiger partial charge in [0.05, 0.1) is 11.8 Å². The van der Waals surface area contributed by atoms with Crippen molar-refractivity contribution in [1.82, 2.24) is 0 Å². The topological polar surface area (TPSA) is 66.4 Å². The van der Waals surface area contributed by atoms with Crippen LogP contribution < -0.4 is 5.32 Å². The summed E-state index contributed by atoms with van der Waals surface area (Å²) in [4.78, 5) is 23.2. The summed E-state index contributed by atoms with van der Waals surface area (Å²) in [7, 11) is 0. The van der Waals surface area contributed by atoms with Crippen LogP contribution in [0.3, 0.4) is 0 Å². The normalized spacial score (nSPS) is 22.7. The SMILES string of the molecule is Cc1ccccc1NC(=O)C1CCCC1C(=O)O. The molecule has 18 heavy (non-hydrogen) atoms. The van der Waals surface area contributed by atoms with Gasteiger partial charge in [0.25, 0.3) is 0 Å². The van der Waals surface area contributed by atoms with Gasteiger partial charge in [-0.15, -0.1) is 0 Å². The molecule has 1 aromatic rings. The smallest absolute Gasteiger partial charge is 0.307 e. The van der Waals surface area contributed by atoms with E-state index >= 15 is 0 Å². The Balaban J connectivity index is 2.08. The summed E-state index contributed by atoms with van der Waals surface area (Å²) >= 11 is 0. The Morgan fingerprint density at radius 1 is 1.22 bits per heavy atom. The van der Waals surface area contributed by atoms with Crippen molar-refractivity contribution >= 4 is 17.6 Å².